The molecule has 1 saturated carbocycles. The van der Waals surface area contributed by atoms with Gasteiger partial charge in [0.2, 0.25) is 17.6 Å². The minimum Gasteiger partial charge on any atom is -0.481 e. The molecule has 2 heterocycles. The molecular weight excluding hydrogens is 300 g/mol. The van der Waals surface area contributed by atoms with Gasteiger partial charge in [-0.3, -0.25) is 14.6 Å². The van der Waals surface area contributed by atoms with Gasteiger partial charge in [0.05, 0.1) is 18.4 Å². The van der Waals surface area contributed by atoms with Gasteiger partial charge in [0, 0.05) is 18.0 Å². The maximum absolute atomic E-state index is 12.1. The molecule has 1 aliphatic rings. The summed E-state index contributed by atoms with van der Waals surface area (Å²) in [5, 5.41) is 15.6. The van der Waals surface area contributed by atoms with Crippen molar-refractivity contribution in [1.29, 1.82) is 0 Å². The van der Waals surface area contributed by atoms with Gasteiger partial charge >= 0.3 is 5.97 Å². The van der Waals surface area contributed by atoms with Gasteiger partial charge < -0.3 is 14.9 Å². The predicted molar refractivity (Wildman–Crippen MR) is 77.8 cm³/mol. The summed E-state index contributed by atoms with van der Waals surface area (Å²) in [6.07, 6.45) is 3.24. The first kappa shape index (κ1) is 15.1. The van der Waals surface area contributed by atoms with E-state index in [1.165, 1.54) is 0 Å². The van der Waals surface area contributed by atoms with E-state index >= 15 is 0 Å². The minimum absolute atomic E-state index is 0.0653. The molecule has 2 aromatic heterocycles. The molecule has 0 radical (unpaired) electrons. The summed E-state index contributed by atoms with van der Waals surface area (Å²) in [5.74, 6) is -1.79. The number of carbonyl (C=O) groups is 2. The van der Waals surface area contributed by atoms with Gasteiger partial charge in [0.25, 0.3) is 0 Å². The number of carbonyl (C=O) groups excluding carboxylic acids is 1. The third kappa shape index (κ3) is 2.79. The molecule has 1 fully saturated rings. The standard InChI is InChI=1S/C15H16N4O4/c1-15(2)10(11(15)14(21)22)13(20)17-7-9-18-12(19-23-9)8-3-5-16-6-4-8/h3-6,10-11H,7H2,1-2H3,(H,17,20)(H,21,22). The molecule has 2 unspecified atom stereocenters. The number of carboxylic acids is 1. The second-order valence-corrected chi connectivity index (χ2v) is 6.08. The average molecular weight is 316 g/mol. The van der Waals surface area contributed by atoms with Crippen molar-refractivity contribution in [2.75, 3.05) is 0 Å². The number of hydrogen-bond acceptors (Lipinski definition) is 6. The molecule has 2 atom stereocenters. The molecular formula is C15H16N4O4. The molecule has 8 heteroatoms. The van der Waals surface area contributed by atoms with Crippen LogP contribution >= 0.6 is 0 Å². The maximum Gasteiger partial charge on any atom is 0.307 e. The zero-order chi connectivity index (χ0) is 16.6. The summed E-state index contributed by atoms with van der Waals surface area (Å²) in [6, 6.07) is 3.49. The molecule has 0 bridgehead atoms. The number of aromatic nitrogens is 3. The van der Waals surface area contributed by atoms with Gasteiger partial charge in [-0.1, -0.05) is 19.0 Å². The molecule has 23 heavy (non-hydrogen) atoms. The van der Waals surface area contributed by atoms with Crippen molar-refractivity contribution >= 4 is 11.9 Å². The number of rotatable bonds is 5. The Morgan fingerprint density at radius 2 is 2.00 bits per heavy atom. The maximum atomic E-state index is 12.1. The van der Waals surface area contributed by atoms with Crippen molar-refractivity contribution in [3.8, 4) is 11.4 Å². The Hall–Kier alpha value is -2.77. The highest BCUT2D eigenvalue weighted by Crippen LogP contribution is 2.58. The zero-order valence-corrected chi connectivity index (χ0v) is 12.7. The minimum atomic E-state index is -0.951. The van der Waals surface area contributed by atoms with Crippen LogP contribution in [0.15, 0.2) is 29.0 Å². The van der Waals surface area contributed by atoms with E-state index in [1.807, 2.05) is 0 Å². The Kier molecular flexibility index (Phi) is 3.59. The molecule has 0 aromatic carbocycles. The van der Waals surface area contributed by atoms with Crippen molar-refractivity contribution in [3.63, 3.8) is 0 Å². The third-order valence-electron chi connectivity index (χ3n) is 4.20. The smallest absolute Gasteiger partial charge is 0.307 e. The van der Waals surface area contributed by atoms with E-state index in [9.17, 15) is 9.59 Å². The monoisotopic (exact) mass is 316 g/mol. The fraction of sp³-hybridized carbons (Fsp3) is 0.400. The van der Waals surface area contributed by atoms with Gasteiger partial charge in [-0.15, -0.1) is 0 Å². The van der Waals surface area contributed by atoms with Gasteiger partial charge in [0.1, 0.15) is 0 Å². The second-order valence-electron chi connectivity index (χ2n) is 6.08. The fourth-order valence-corrected chi connectivity index (χ4v) is 2.81. The van der Waals surface area contributed by atoms with E-state index in [0.717, 1.165) is 5.56 Å². The van der Waals surface area contributed by atoms with Crippen LogP contribution < -0.4 is 5.32 Å². The van der Waals surface area contributed by atoms with Crippen molar-refractivity contribution in [2.24, 2.45) is 17.3 Å². The Morgan fingerprint density at radius 1 is 1.30 bits per heavy atom. The van der Waals surface area contributed by atoms with Crippen LogP contribution in [0, 0.1) is 17.3 Å². The highest BCUT2D eigenvalue weighted by Gasteiger charge is 2.65. The molecule has 8 nitrogen and oxygen atoms in total. The van der Waals surface area contributed by atoms with Crippen LogP contribution in [0.2, 0.25) is 0 Å². The zero-order valence-electron chi connectivity index (χ0n) is 12.7. The lowest BCUT2D eigenvalue weighted by atomic mass is 10.1. The third-order valence-corrected chi connectivity index (χ3v) is 4.20. The van der Waals surface area contributed by atoms with Crippen molar-refractivity contribution < 1.29 is 19.2 Å². The van der Waals surface area contributed by atoms with Gasteiger partial charge in [-0.05, 0) is 17.5 Å². The molecule has 1 amide bonds. The van der Waals surface area contributed by atoms with E-state index in [1.54, 1.807) is 38.4 Å². The van der Waals surface area contributed by atoms with Crippen molar-refractivity contribution in [3.05, 3.63) is 30.4 Å². The van der Waals surface area contributed by atoms with Gasteiger partial charge in [0.15, 0.2) is 0 Å². The number of pyridine rings is 1. The SMILES string of the molecule is CC1(C)C(C(=O)O)C1C(=O)NCc1nc(-c2ccncc2)no1. The molecule has 1 aliphatic carbocycles. The van der Waals surface area contributed by atoms with Crippen molar-refractivity contribution in [2.45, 2.75) is 20.4 Å². The Labute approximate surface area is 131 Å². The molecule has 0 aliphatic heterocycles. The highest BCUT2D eigenvalue weighted by molar-refractivity contribution is 5.91. The number of aliphatic carboxylic acids is 1. The summed E-state index contributed by atoms with van der Waals surface area (Å²) in [4.78, 5) is 31.3. The number of nitrogens with zero attached hydrogens (tertiary/aromatic N) is 3. The van der Waals surface area contributed by atoms with Crippen LogP contribution in [-0.4, -0.2) is 32.1 Å². The van der Waals surface area contributed by atoms with Gasteiger partial charge in [-0.2, -0.15) is 4.98 Å². The first-order valence-corrected chi connectivity index (χ1v) is 7.14. The Bertz CT molecular complexity index is 741. The number of carboxylic acid groups (broad SMARTS) is 1. The largest absolute Gasteiger partial charge is 0.481 e. The molecule has 3 rings (SSSR count). The second kappa shape index (κ2) is 5.45. The number of hydrogen-bond donors (Lipinski definition) is 2. The molecule has 2 N–H and O–H groups in total. The lowest BCUT2D eigenvalue weighted by Gasteiger charge is -2.02. The number of amides is 1. The molecule has 120 valence electrons. The highest BCUT2D eigenvalue weighted by atomic mass is 16.5. The predicted octanol–water partition coefficient (Wildman–Crippen LogP) is 1.10. The molecule has 2 aromatic rings. The van der Waals surface area contributed by atoms with Crippen LogP contribution in [0.25, 0.3) is 11.4 Å². The summed E-state index contributed by atoms with van der Waals surface area (Å²) < 4.78 is 5.08. The van der Waals surface area contributed by atoms with E-state index < -0.39 is 23.2 Å². The van der Waals surface area contributed by atoms with Crippen LogP contribution in [-0.2, 0) is 16.1 Å². The van der Waals surface area contributed by atoms with Crippen LogP contribution in [0.4, 0.5) is 0 Å². The van der Waals surface area contributed by atoms with E-state index in [2.05, 4.69) is 20.4 Å². The number of nitrogens with one attached hydrogen (secondary N) is 1. The van der Waals surface area contributed by atoms with Crippen LogP contribution in [0.3, 0.4) is 0 Å². The Morgan fingerprint density at radius 3 is 2.61 bits per heavy atom. The first-order valence-electron chi connectivity index (χ1n) is 7.14. The summed E-state index contributed by atoms with van der Waals surface area (Å²) in [6.45, 7) is 3.60. The quantitative estimate of drug-likeness (QED) is 0.848. The lowest BCUT2D eigenvalue weighted by molar-refractivity contribution is -0.140. The van der Waals surface area contributed by atoms with Crippen LogP contribution in [0.5, 0.6) is 0 Å². The van der Waals surface area contributed by atoms with E-state index in [-0.39, 0.29) is 18.3 Å². The molecule has 0 spiro atoms. The fourth-order valence-electron chi connectivity index (χ4n) is 2.81. The average Bonchev–Trinajstić information content (AvgIpc) is 2.88. The molecule has 0 saturated heterocycles. The normalized spacial score (nSPS) is 21.7. The lowest BCUT2D eigenvalue weighted by Crippen LogP contribution is -2.27. The Balaban J connectivity index is 1.61. The first-order chi connectivity index (χ1) is 10.9. The van der Waals surface area contributed by atoms with E-state index in [4.69, 9.17) is 9.63 Å². The van der Waals surface area contributed by atoms with Crippen molar-refractivity contribution in [1.82, 2.24) is 20.4 Å². The van der Waals surface area contributed by atoms with E-state index in [0.29, 0.717) is 5.82 Å². The van der Waals surface area contributed by atoms with Gasteiger partial charge in [-0.25, -0.2) is 0 Å². The van der Waals surface area contributed by atoms with Crippen LogP contribution in [0.1, 0.15) is 19.7 Å². The summed E-state index contributed by atoms with van der Waals surface area (Å²) in [5.41, 5.74) is 0.225. The topological polar surface area (TPSA) is 118 Å². The summed E-state index contributed by atoms with van der Waals surface area (Å²) in [7, 11) is 0. The summed E-state index contributed by atoms with van der Waals surface area (Å²) >= 11 is 0.